The second kappa shape index (κ2) is 8.10. The number of unbranched alkanes of at least 4 members (excludes halogenated alkanes) is 4. The first-order valence-electron chi connectivity index (χ1n) is 7.51. The lowest BCUT2D eigenvalue weighted by Gasteiger charge is -2.36. The Labute approximate surface area is 106 Å². The van der Waals surface area contributed by atoms with Gasteiger partial charge in [0, 0.05) is 5.41 Å². The van der Waals surface area contributed by atoms with Gasteiger partial charge in [-0.05, 0) is 25.2 Å². The van der Waals surface area contributed by atoms with Crippen LogP contribution in [-0.4, -0.2) is 23.4 Å². The van der Waals surface area contributed by atoms with Crippen LogP contribution in [0.15, 0.2) is 0 Å². The molecule has 17 heavy (non-hydrogen) atoms. The Morgan fingerprint density at radius 2 is 1.53 bits per heavy atom. The molecule has 0 atom stereocenters. The standard InChI is InChI=1S/C15H30O2/c1-2-3-4-5-8-11-15(12-16,13-17)14-9-6-7-10-14/h14,16-17H,2-13H2,1H3. The molecule has 0 heterocycles. The molecule has 2 N–H and O–H groups in total. The van der Waals surface area contributed by atoms with Crippen molar-refractivity contribution in [1.29, 1.82) is 0 Å². The number of aliphatic hydroxyl groups excluding tert-OH is 2. The van der Waals surface area contributed by atoms with E-state index < -0.39 is 0 Å². The topological polar surface area (TPSA) is 40.5 Å². The zero-order valence-corrected chi connectivity index (χ0v) is 11.5. The molecule has 1 saturated carbocycles. The third-order valence-electron chi connectivity index (χ3n) is 4.63. The maximum atomic E-state index is 9.68. The highest BCUT2D eigenvalue weighted by Gasteiger charge is 2.38. The maximum absolute atomic E-state index is 9.68. The van der Waals surface area contributed by atoms with Gasteiger partial charge in [0.15, 0.2) is 0 Å². The fourth-order valence-corrected chi connectivity index (χ4v) is 3.29. The van der Waals surface area contributed by atoms with Gasteiger partial charge in [-0.15, -0.1) is 0 Å². The van der Waals surface area contributed by atoms with Crippen LogP contribution in [0.25, 0.3) is 0 Å². The van der Waals surface area contributed by atoms with Crippen molar-refractivity contribution in [2.24, 2.45) is 11.3 Å². The van der Waals surface area contributed by atoms with Crippen molar-refractivity contribution < 1.29 is 10.2 Å². The second-order valence-corrected chi connectivity index (χ2v) is 5.82. The molecule has 2 heteroatoms. The van der Waals surface area contributed by atoms with Gasteiger partial charge in [-0.3, -0.25) is 0 Å². The minimum Gasteiger partial charge on any atom is -0.396 e. The highest BCUT2D eigenvalue weighted by molar-refractivity contribution is 4.88. The summed E-state index contributed by atoms with van der Waals surface area (Å²) in [5, 5.41) is 19.4. The average molecular weight is 242 g/mol. The molecule has 1 aliphatic carbocycles. The molecule has 1 fully saturated rings. The van der Waals surface area contributed by atoms with Crippen molar-refractivity contribution >= 4 is 0 Å². The summed E-state index contributed by atoms with van der Waals surface area (Å²) >= 11 is 0. The normalized spacial score (nSPS) is 17.8. The number of hydrogen-bond acceptors (Lipinski definition) is 2. The summed E-state index contributed by atoms with van der Waals surface area (Å²) in [5.74, 6) is 0.559. The highest BCUT2D eigenvalue weighted by Crippen LogP contribution is 2.42. The summed E-state index contributed by atoms with van der Waals surface area (Å²) in [5.41, 5.74) is -0.178. The summed E-state index contributed by atoms with van der Waals surface area (Å²) in [7, 11) is 0. The Hall–Kier alpha value is -0.0800. The predicted molar refractivity (Wildman–Crippen MR) is 71.9 cm³/mol. The van der Waals surface area contributed by atoms with E-state index in [1.165, 1.54) is 51.4 Å². The monoisotopic (exact) mass is 242 g/mol. The second-order valence-electron chi connectivity index (χ2n) is 5.82. The van der Waals surface area contributed by atoms with Crippen molar-refractivity contribution in [3.8, 4) is 0 Å². The largest absolute Gasteiger partial charge is 0.396 e. The van der Waals surface area contributed by atoms with Crippen LogP contribution in [0.1, 0.15) is 71.1 Å². The molecular formula is C15H30O2. The van der Waals surface area contributed by atoms with Gasteiger partial charge in [0.1, 0.15) is 0 Å². The molecule has 0 radical (unpaired) electrons. The van der Waals surface area contributed by atoms with Gasteiger partial charge >= 0.3 is 0 Å². The summed E-state index contributed by atoms with van der Waals surface area (Å²) in [6.07, 6.45) is 12.3. The lowest BCUT2D eigenvalue weighted by molar-refractivity contribution is -0.00348. The molecular weight excluding hydrogens is 212 g/mol. The molecule has 2 nitrogen and oxygen atoms in total. The summed E-state index contributed by atoms with van der Waals surface area (Å²) in [4.78, 5) is 0. The Morgan fingerprint density at radius 3 is 2.06 bits per heavy atom. The van der Waals surface area contributed by atoms with Crippen LogP contribution < -0.4 is 0 Å². The smallest absolute Gasteiger partial charge is 0.0512 e. The van der Waals surface area contributed by atoms with Gasteiger partial charge in [0.25, 0.3) is 0 Å². The molecule has 0 saturated heterocycles. The van der Waals surface area contributed by atoms with E-state index in [9.17, 15) is 10.2 Å². The molecule has 0 unspecified atom stereocenters. The summed E-state index contributed by atoms with van der Waals surface area (Å²) < 4.78 is 0. The zero-order chi connectivity index (χ0) is 12.6. The predicted octanol–water partition coefficient (Wildman–Crippen LogP) is 3.51. The molecule has 1 rings (SSSR count). The van der Waals surface area contributed by atoms with E-state index in [0.717, 1.165) is 12.8 Å². The van der Waals surface area contributed by atoms with E-state index in [2.05, 4.69) is 6.92 Å². The molecule has 0 aromatic rings. The Kier molecular flexibility index (Phi) is 7.14. The Morgan fingerprint density at radius 1 is 0.941 bits per heavy atom. The van der Waals surface area contributed by atoms with Gasteiger partial charge in [0.2, 0.25) is 0 Å². The van der Waals surface area contributed by atoms with E-state index in [0.29, 0.717) is 5.92 Å². The lowest BCUT2D eigenvalue weighted by Crippen LogP contribution is -2.37. The fraction of sp³-hybridized carbons (Fsp3) is 1.00. The van der Waals surface area contributed by atoms with Crippen LogP contribution in [0.3, 0.4) is 0 Å². The zero-order valence-electron chi connectivity index (χ0n) is 11.5. The van der Waals surface area contributed by atoms with Crippen molar-refractivity contribution in [2.45, 2.75) is 71.1 Å². The van der Waals surface area contributed by atoms with E-state index in [1.54, 1.807) is 0 Å². The van der Waals surface area contributed by atoms with Gasteiger partial charge in [-0.25, -0.2) is 0 Å². The third-order valence-corrected chi connectivity index (χ3v) is 4.63. The van der Waals surface area contributed by atoms with Crippen molar-refractivity contribution in [3.05, 3.63) is 0 Å². The number of hydrogen-bond donors (Lipinski definition) is 2. The van der Waals surface area contributed by atoms with Crippen LogP contribution in [0.2, 0.25) is 0 Å². The van der Waals surface area contributed by atoms with Gasteiger partial charge in [-0.2, -0.15) is 0 Å². The Bertz CT molecular complexity index is 181. The number of rotatable bonds is 9. The number of aliphatic hydroxyl groups is 2. The SMILES string of the molecule is CCCCCCCC(CO)(CO)C1CCCC1. The fourth-order valence-electron chi connectivity index (χ4n) is 3.29. The first-order valence-corrected chi connectivity index (χ1v) is 7.51. The lowest BCUT2D eigenvalue weighted by atomic mass is 9.72. The average Bonchev–Trinajstić information content (AvgIpc) is 2.89. The van der Waals surface area contributed by atoms with Crippen LogP contribution in [0, 0.1) is 11.3 Å². The molecule has 1 aliphatic rings. The van der Waals surface area contributed by atoms with E-state index in [4.69, 9.17) is 0 Å². The summed E-state index contributed by atoms with van der Waals surface area (Å²) in [6, 6.07) is 0. The Balaban J connectivity index is 2.35. The van der Waals surface area contributed by atoms with Crippen LogP contribution in [-0.2, 0) is 0 Å². The van der Waals surface area contributed by atoms with Crippen molar-refractivity contribution in [1.82, 2.24) is 0 Å². The molecule has 0 spiro atoms. The van der Waals surface area contributed by atoms with Gasteiger partial charge < -0.3 is 10.2 Å². The molecule has 0 aromatic heterocycles. The van der Waals surface area contributed by atoms with Crippen LogP contribution in [0.4, 0.5) is 0 Å². The van der Waals surface area contributed by atoms with Crippen LogP contribution >= 0.6 is 0 Å². The van der Waals surface area contributed by atoms with Crippen LogP contribution in [0.5, 0.6) is 0 Å². The quantitative estimate of drug-likeness (QED) is 0.607. The van der Waals surface area contributed by atoms with Gasteiger partial charge in [0.05, 0.1) is 13.2 Å². The molecule has 0 aromatic carbocycles. The van der Waals surface area contributed by atoms with E-state index in [-0.39, 0.29) is 18.6 Å². The molecule has 102 valence electrons. The first-order chi connectivity index (χ1) is 8.29. The highest BCUT2D eigenvalue weighted by atomic mass is 16.3. The van der Waals surface area contributed by atoms with E-state index in [1.807, 2.05) is 0 Å². The minimum absolute atomic E-state index is 0.169. The molecule has 0 amide bonds. The van der Waals surface area contributed by atoms with Crippen molar-refractivity contribution in [3.63, 3.8) is 0 Å². The molecule has 0 aliphatic heterocycles. The maximum Gasteiger partial charge on any atom is 0.0512 e. The van der Waals surface area contributed by atoms with Gasteiger partial charge in [-0.1, -0.05) is 51.9 Å². The first kappa shape index (κ1) is 15.0. The minimum atomic E-state index is -0.178. The summed E-state index contributed by atoms with van der Waals surface area (Å²) in [6.45, 7) is 2.56. The molecule has 0 bridgehead atoms. The van der Waals surface area contributed by atoms with E-state index >= 15 is 0 Å². The van der Waals surface area contributed by atoms with Crippen molar-refractivity contribution in [2.75, 3.05) is 13.2 Å². The third kappa shape index (κ3) is 4.26.